The minimum absolute atomic E-state index is 0.0969. The molecule has 2 rings (SSSR count). The predicted octanol–water partition coefficient (Wildman–Crippen LogP) is 0.721. The fourth-order valence-corrected chi connectivity index (χ4v) is 3.54. The Bertz CT molecular complexity index is 1030. The number of aliphatic carboxylic acids is 1. The van der Waals surface area contributed by atoms with Gasteiger partial charge in [0.2, 0.25) is 17.7 Å². The molecule has 7 N–H and O–H groups in total. The second-order valence-corrected chi connectivity index (χ2v) is 8.71. The molecule has 3 amide bonds. The molecule has 4 atom stereocenters. The molecule has 0 saturated carbocycles. The number of hydrogen-bond acceptors (Lipinski definition) is 6. The second kappa shape index (κ2) is 13.8. The van der Waals surface area contributed by atoms with Crippen LogP contribution in [0.15, 0.2) is 54.6 Å². The zero-order valence-electron chi connectivity index (χ0n) is 20.4. The number of aromatic hydroxyl groups is 1. The Kier molecular flexibility index (Phi) is 10.9. The van der Waals surface area contributed by atoms with Crippen molar-refractivity contribution in [2.24, 2.45) is 11.7 Å². The van der Waals surface area contributed by atoms with E-state index in [1.54, 1.807) is 19.1 Å². The van der Waals surface area contributed by atoms with Gasteiger partial charge in [-0.15, -0.1) is 0 Å². The third-order valence-electron chi connectivity index (χ3n) is 5.85. The van der Waals surface area contributed by atoms with Crippen molar-refractivity contribution in [3.05, 3.63) is 65.7 Å². The summed E-state index contributed by atoms with van der Waals surface area (Å²) in [6.07, 6.45) is 0.909. The van der Waals surface area contributed by atoms with Crippen LogP contribution in [-0.4, -0.2) is 58.6 Å². The summed E-state index contributed by atoms with van der Waals surface area (Å²) < 4.78 is 0. The molecule has 0 bridgehead atoms. The molecule has 0 spiro atoms. The van der Waals surface area contributed by atoms with E-state index in [4.69, 9.17) is 10.8 Å². The molecular formula is C26H34N4O6. The molecule has 0 heterocycles. The number of nitrogens with two attached hydrogens (primary N) is 1. The molecule has 0 aliphatic carbocycles. The van der Waals surface area contributed by atoms with Crippen molar-refractivity contribution in [2.45, 2.75) is 51.2 Å². The molecule has 0 aliphatic rings. The fraction of sp³-hybridized carbons (Fsp3) is 0.385. The monoisotopic (exact) mass is 498 g/mol. The van der Waals surface area contributed by atoms with Gasteiger partial charge in [0, 0.05) is 6.42 Å². The summed E-state index contributed by atoms with van der Waals surface area (Å²) >= 11 is 0. The number of phenols is 1. The summed E-state index contributed by atoms with van der Waals surface area (Å²) in [5, 5.41) is 26.0. The molecular weight excluding hydrogens is 464 g/mol. The highest BCUT2D eigenvalue weighted by molar-refractivity contribution is 5.94. The number of carbonyl (C=O) groups is 4. The Morgan fingerprint density at radius 1 is 0.861 bits per heavy atom. The van der Waals surface area contributed by atoms with Crippen LogP contribution in [0.1, 0.15) is 31.4 Å². The van der Waals surface area contributed by atoms with Crippen molar-refractivity contribution in [3.63, 3.8) is 0 Å². The van der Waals surface area contributed by atoms with Crippen molar-refractivity contribution < 1.29 is 29.4 Å². The zero-order valence-corrected chi connectivity index (χ0v) is 20.4. The van der Waals surface area contributed by atoms with Crippen LogP contribution in [0.25, 0.3) is 0 Å². The van der Waals surface area contributed by atoms with Gasteiger partial charge in [0.25, 0.3) is 0 Å². The third-order valence-corrected chi connectivity index (χ3v) is 5.85. The van der Waals surface area contributed by atoms with Crippen molar-refractivity contribution in [3.8, 4) is 5.75 Å². The van der Waals surface area contributed by atoms with Gasteiger partial charge < -0.3 is 31.9 Å². The molecule has 0 fully saturated rings. The zero-order chi connectivity index (χ0) is 26.7. The average Bonchev–Trinajstić information content (AvgIpc) is 2.86. The standard InChI is InChI=1S/C26H34N4O6/c1-3-16(2)23(26(36)28-15-22(32)33)30-25(35)21(14-17-7-5-4-6-8-17)29-24(34)20(27)13-18-9-11-19(31)12-10-18/h4-12,16,20-21,23,31H,3,13-15,27H2,1-2H3,(H,28,36)(H,29,34)(H,30,35)(H,32,33). The summed E-state index contributed by atoms with van der Waals surface area (Å²) in [5.74, 6) is -3.13. The Labute approximate surface area is 210 Å². The maximum Gasteiger partial charge on any atom is 0.322 e. The normalized spacial score (nSPS) is 14.1. The van der Waals surface area contributed by atoms with E-state index in [9.17, 15) is 24.3 Å². The first-order chi connectivity index (χ1) is 17.1. The molecule has 2 aromatic carbocycles. The van der Waals surface area contributed by atoms with Crippen molar-refractivity contribution in [1.29, 1.82) is 0 Å². The Morgan fingerprint density at radius 2 is 1.47 bits per heavy atom. The number of carboxylic acid groups (broad SMARTS) is 1. The van der Waals surface area contributed by atoms with Crippen molar-refractivity contribution in [1.82, 2.24) is 16.0 Å². The second-order valence-electron chi connectivity index (χ2n) is 8.71. The van der Waals surface area contributed by atoms with Gasteiger partial charge in [-0.3, -0.25) is 19.2 Å². The smallest absolute Gasteiger partial charge is 0.322 e. The fourth-order valence-electron chi connectivity index (χ4n) is 3.54. The van der Waals surface area contributed by atoms with Gasteiger partial charge in [0.1, 0.15) is 24.4 Å². The van der Waals surface area contributed by atoms with Crippen LogP contribution in [0.4, 0.5) is 0 Å². The van der Waals surface area contributed by atoms with Gasteiger partial charge in [-0.1, -0.05) is 62.7 Å². The number of hydrogen-bond donors (Lipinski definition) is 6. The molecule has 10 heteroatoms. The Hall–Kier alpha value is -3.92. The lowest BCUT2D eigenvalue weighted by molar-refractivity contribution is -0.139. The van der Waals surface area contributed by atoms with E-state index in [0.29, 0.717) is 6.42 Å². The SMILES string of the molecule is CCC(C)C(NC(=O)C(Cc1ccccc1)NC(=O)C(N)Cc1ccc(O)cc1)C(=O)NCC(=O)O. The molecule has 194 valence electrons. The molecule has 10 nitrogen and oxygen atoms in total. The lowest BCUT2D eigenvalue weighted by Crippen LogP contribution is -2.58. The minimum Gasteiger partial charge on any atom is -0.508 e. The van der Waals surface area contributed by atoms with E-state index < -0.39 is 48.4 Å². The Balaban J connectivity index is 2.17. The minimum atomic E-state index is -1.20. The third kappa shape index (κ3) is 9.03. The van der Waals surface area contributed by atoms with Crippen LogP contribution in [0.2, 0.25) is 0 Å². The van der Waals surface area contributed by atoms with Crippen LogP contribution < -0.4 is 21.7 Å². The summed E-state index contributed by atoms with van der Waals surface area (Å²) in [7, 11) is 0. The summed E-state index contributed by atoms with van der Waals surface area (Å²) in [5.41, 5.74) is 7.62. The number of carbonyl (C=O) groups excluding carboxylic acids is 3. The van der Waals surface area contributed by atoms with E-state index >= 15 is 0 Å². The highest BCUT2D eigenvalue weighted by Gasteiger charge is 2.31. The Morgan fingerprint density at radius 3 is 2.06 bits per heavy atom. The molecule has 0 radical (unpaired) electrons. The van der Waals surface area contributed by atoms with E-state index in [1.165, 1.54) is 12.1 Å². The van der Waals surface area contributed by atoms with Gasteiger partial charge in [-0.25, -0.2) is 0 Å². The van der Waals surface area contributed by atoms with Crippen molar-refractivity contribution >= 4 is 23.7 Å². The molecule has 0 aliphatic heterocycles. The number of benzene rings is 2. The van der Waals surface area contributed by atoms with Crippen LogP contribution >= 0.6 is 0 Å². The van der Waals surface area contributed by atoms with E-state index in [0.717, 1.165) is 11.1 Å². The van der Waals surface area contributed by atoms with Gasteiger partial charge >= 0.3 is 5.97 Å². The first-order valence-corrected chi connectivity index (χ1v) is 11.8. The van der Waals surface area contributed by atoms with Crippen LogP contribution in [0.3, 0.4) is 0 Å². The molecule has 4 unspecified atom stereocenters. The number of phenolic OH excluding ortho intramolecular Hbond substituents is 1. The van der Waals surface area contributed by atoms with Crippen molar-refractivity contribution in [2.75, 3.05) is 6.54 Å². The first-order valence-electron chi connectivity index (χ1n) is 11.8. The van der Waals surface area contributed by atoms with Gasteiger partial charge in [0.05, 0.1) is 6.04 Å². The quantitative estimate of drug-likeness (QED) is 0.236. The van der Waals surface area contributed by atoms with Gasteiger partial charge in [-0.05, 0) is 35.6 Å². The maximum atomic E-state index is 13.3. The lowest BCUT2D eigenvalue weighted by atomic mass is 9.97. The number of amides is 3. The molecule has 36 heavy (non-hydrogen) atoms. The molecule has 2 aromatic rings. The lowest BCUT2D eigenvalue weighted by Gasteiger charge is -2.27. The van der Waals surface area contributed by atoms with Gasteiger partial charge in [0.15, 0.2) is 0 Å². The number of carboxylic acids is 1. The highest BCUT2D eigenvalue weighted by atomic mass is 16.4. The maximum absolute atomic E-state index is 13.3. The summed E-state index contributed by atoms with van der Waals surface area (Å²) in [4.78, 5) is 49.6. The summed E-state index contributed by atoms with van der Waals surface area (Å²) in [6.45, 7) is 3.04. The van der Waals surface area contributed by atoms with E-state index in [2.05, 4.69) is 16.0 Å². The van der Waals surface area contributed by atoms with Gasteiger partial charge in [-0.2, -0.15) is 0 Å². The van der Waals surface area contributed by atoms with Crippen LogP contribution in [-0.2, 0) is 32.0 Å². The first kappa shape index (κ1) is 28.3. The summed E-state index contributed by atoms with van der Waals surface area (Å²) in [6, 6.07) is 12.4. The van der Waals surface area contributed by atoms with Crippen LogP contribution in [0.5, 0.6) is 5.75 Å². The molecule has 0 saturated heterocycles. The highest BCUT2D eigenvalue weighted by Crippen LogP contribution is 2.12. The largest absolute Gasteiger partial charge is 0.508 e. The van der Waals surface area contributed by atoms with E-state index in [1.807, 2.05) is 37.3 Å². The number of nitrogens with one attached hydrogen (secondary N) is 3. The van der Waals surface area contributed by atoms with Crippen LogP contribution in [0, 0.1) is 5.92 Å². The predicted molar refractivity (Wildman–Crippen MR) is 134 cm³/mol. The number of rotatable bonds is 13. The molecule has 0 aromatic heterocycles. The average molecular weight is 499 g/mol. The van der Waals surface area contributed by atoms with E-state index in [-0.39, 0.29) is 24.5 Å². The topological polar surface area (TPSA) is 171 Å².